The fourth-order valence-electron chi connectivity index (χ4n) is 2.41. The van der Waals surface area contributed by atoms with E-state index in [0.29, 0.717) is 10.9 Å². The Hall–Kier alpha value is -2.03. The fourth-order valence-corrected chi connectivity index (χ4v) is 5.00. The number of fused-ring (bicyclic) bond motifs is 2. The van der Waals surface area contributed by atoms with Crippen LogP contribution in [0, 0.1) is 0 Å². The van der Waals surface area contributed by atoms with Crippen LogP contribution in [-0.4, -0.2) is 34.2 Å². The Kier molecular flexibility index (Phi) is 6.98. The SMILES string of the molecule is COP(=S)(OC)SCn1nnc2ccccc2c1=O.c1ccc2c[nH]cc2c1. The number of nitrogens with zero attached hydrogens (tertiary/aromatic N) is 3. The second-order valence-corrected chi connectivity index (χ2v) is 12.1. The topological polar surface area (TPSA) is 82.0 Å². The van der Waals surface area contributed by atoms with Gasteiger partial charge in [-0.25, -0.2) is 0 Å². The molecule has 4 aromatic rings. The molecule has 0 saturated carbocycles. The van der Waals surface area contributed by atoms with Gasteiger partial charge in [-0.2, -0.15) is 4.68 Å². The highest BCUT2D eigenvalue weighted by Gasteiger charge is 2.17. The van der Waals surface area contributed by atoms with E-state index in [9.17, 15) is 4.79 Å². The van der Waals surface area contributed by atoms with Gasteiger partial charge in [-0.15, -0.1) is 5.10 Å². The van der Waals surface area contributed by atoms with Gasteiger partial charge in [0.2, 0.25) is 5.69 Å². The molecule has 0 aliphatic carbocycles. The van der Waals surface area contributed by atoms with Crippen molar-refractivity contribution in [2.45, 2.75) is 5.88 Å². The molecule has 28 heavy (non-hydrogen) atoms. The minimum absolute atomic E-state index is 0.202. The summed E-state index contributed by atoms with van der Waals surface area (Å²) in [6.07, 6.45) is 3.99. The third kappa shape index (κ3) is 4.87. The lowest BCUT2D eigenvalue weighted by atomic mass is 10.2. The first-order valence-electron chi connectivity index (χ1n) is 8.26. The van der Waals surface area contributed by atoms with Gasteiger partial charge in [0.25, 0.3) is 5.56 Å². The molecule has 0 unspecified atom stereocenters. The molecule has 0 spiro atoms. The Bertz CT molecular complexity index is 1140. The number of aromatic amines is 1. The van der Waals surface area contributed by atoms with Crippen LogP contribution in [0.15, 0.2) is 65.7 Å². The summed E-state index contributed by atoms with van der Waals surface area (Å²) >= 11 is 6.45. The summed E-state index contributed by atoms with van der Waals surface area (Å²) < 4.78 is 11.5. The maximum atomic E-state index is 12.2. The van der Waals surface area contributed by atoms with E-state index in [1.165, 1.54) is 41.1 Å². The van der Waals surface area contributed by atoms with Crippen LogP contribution in [-0.2, 0) is 26.7 Å². The van der Waals surface area contributed by atoms with Gasteiger partial charge >= 0.3 is 0 Å². The third-order valence-electron chi connectivity index (χ3n) is 3.89. The van der Waals surface area contributed by atoms with Gasteiger partial charge in [0.1, 0.15) is 11.4 Å². The van der Waals surface area contributed by atoms with E-state index in [-0.39, 0.29) is 11.4 Å². The largest absolute Gasteiger partial charge is 0.366 e. The van der Waals surface area contributed by atoms with Crippen molar-refractivity contribution in [3.05, 3.63) is 71.3 Å². The van der Waals surface area contributed by atoms with E-state index >= 15 is 0 Å². The third-order valence-corrected chi connectivity index (χ3v) is 9.49. The van der Waals surface area contributed by atoms with E-state index in [1.807, 2.05) is 30.6 Å². The van der Waals surface area contributed by atoms with Crippen LogP contribution in [0.1, 0.15) is 0 Å². The highest BCUT2D eigenvalue weighted by Crippen LogP contribution is 2.60. The first-order valence-corrected chi connectivity index (χ1v) is 12.5. The Morgan fingerprint density at radius 3 is 2.32 bits per heavy atom. The predicted octanol–water partition coefficient (Wildman–Crippen LogP) is 4.17. The molecule has 0 amide bonds. The zero-order valence-corrected chi connectivity index (χ0v) is 17.8. The van der Waals surface area contributed by atoms with Gasteiger partial charge in [0, 0.05) is 26.6 Å². The number of hydrogen-bond donors (Lipinski definition) is 1. The Balaban J connectivity index is 0.000000206. The molecule has 0 bridgehead atoms. The smallest absolute Gasteiger partial charge is 0.278 e. The molecule has 0 atom stereocenters. The Labute approximate surface area is 171 Å². The summed E-state index contributed by atoms with van der Waals surface area (Å²) in [6, 6.07) is 15.3. The van der Waals surface area contributed by atoms with Crippen LogP contribution in [0.5, 0.6) is 0 Å². The quantitative estimate of drug-likeness (QED) is 0.472. The van der Waals surface area contributed by atoms with Crippen LogP contribution >= 0.6 is 17.1 Å². The summed E-state index contributed by atoms with van der Waals surface area (Å²) in [7, 11) is 2.98. The molecule has 146 valence electrons. The van der Waals surface area contributed by atoms with Crippen LogP contribution in [0.2, 0.25) is 0 Å². The summed E-state index contributed by atoms with van der Waals surface area (Å²) in [5, 5.41) is 10.9. The number of benzene rings is 2. The normalized spacial score (nSPS) is 11.4. The number of nitrogens with one attached hydrogen (secondary N) is 1. The Morgan fingerprint density at radius 1 is 1.07 bits per heavy atom. The molecule has 2 heterocycles. The molecule has 0 saturated heterocycles. The van der Waals surface area contributed by atoms with Crippen LogP contribution in [0.4, 0.5) is 0 Å². The molecule has 0 aliphatic heterocycles. The van der Waals surface area contributed by atoms with E-state index in [4.69, 9.17) is 20.9 Å². The molecule has 4 rings (SSSR count). The molecule has 0 fully saturated rings. The van der Waals surface area contributed by atoms with Gasteiger partial charge in [-0.1, -0.05) is 41.6 Å². The predicted molar refractivity (Wildman–Crippen MR) is 118 cm³/mol. The van der Waals surface area contributed by atoms with E-state index in [2.05, 4.69) is 27.4 Å². The standard InChI is InChI=1S/C10H12N3O3PS2.C8H7N/c1-15-17(18,16-2)19-7-13-10(14)8-5-3-4-6-9(8)11-12-13;1-2-4-8-6-9-5-7(8)3-1/h3-6H,7H2,1-2H3;1-6,9H. The van der Waals surface area contributed by atoms with Crippen LogP contribution in [0.25, 0.3) is 21.7 Å². The second kappa shape index (κ2) is 9.45. The number of rotatable bonds is 5. The number of aromatic nitrogens is 4. The van der Waals surface area contributed by atoms with Gasteiger partial charge in [-0.3, -0.25) is 4.79 Å². The van der Waals surface area contributed by atoms with Crippen molar-refractivity contribution in [1.82, 2.24) is 20.0 Å². The van der Waals surface area contributed by atoms with Crippen LogP contribution < -0.4 is 5.56 Å². The van der Waals surface area contributed by atoms with Gasteiger partial charge in [0.15, 0.2) is 0 Å². The number of H-pyrrole nitrogens is 1. The highest BCUT2D eigenvalue weighted by atomic mass is 32.9. The maximum absolute atomic E-state index is 12.2. The molecule has 1 N–H and O–H groups in total. The average molecular weight is 434 g/mol. The van der Waals surface area contributed by atoms with Crippen molar-refractivity contribution in [3.63, 3.8) is 0 Å². The second-order valence-electron chi connectivity index (χ2n) is 5.57. The van der Waals surface area contributed by atoms with Crippen molar-refractivity contribution in [1.29, 1.82) is 0 Å². The molecule has 2 aromatic heterocycles. The highest BCUT2D eigenvalue weighted by molar-refractivity contribution is 8.67. The zero-order chi connectivity index (χ0) is 20.0. The molecule has 10 heteroatoms. The van der Waals surface area contributed by atoms with Gasteiger partial charge in [0.05, 0.1) is 5.39 Å². The van der Waals surface area contributed by atoms with Crippen molar-refractivity contribution in [3.8, 4) is 0 Å². The fraction of sp³-hybridized carbons (Fsp3) is 0.167. The molecular weight excluding hydrogens is 415 g/mol. The first kappa shape index (κ1) is 20.7. The number of hydrogen-bond acceptors (Lipinski definition) is 7. The van der Waals surface area contributed by atoms with Crippen molar-refractivity contribution < 1.29 is 9.05 Å². The van der Waals surface area contributed by atoms with Crippen molar-refractivity contribution >= 4 is 50.6 Å². The van der Waals surface area contributed by atoms with E-state index < -0.39 is 5.69 Å². The summed E-state index contributed by atoms with van der Waals surface area (Å²) in [6.45, 7) is 0. The molecule has 0 radical (unpaired) electrons. The average Bonchev–Trinajstić information content (AvgIpc) is 3.23. The Morgan fingerprint density at radius 2 is 1.68 bits per heavy atom. The maximum Gasteiger partial charge on any atom is 0.278 e. The zero-order valence-electron chi connectivity index (χ0n) is 15.3. The summed E-state index contributed by atoms with van der Waals surface area (Å²) in [5.74, 6) is 0.246. The minimum Gasteiger partial charge on any atom is -0.366 e. The molecule has 0 aliphatic rings. The van der Waals surface area contributed by atoms with Crippen molar-refractivity contribution in [2.24, 2.45) is 0 Å². The lowest BCUT2D eigenvalue weighted by Crippen LogP contribution is -2.23. The van der Waals surface area contributed by atoms with E-state index in [1.54, 1.807) is 18.2 Å². The lowest BCUT2D eigenvalue weighted by Gasteiger charge is -2.16. The van der Waals surface area contributed by atoms with Gasteiger partial charge < -0.3 is 14.0 Å². The molecule has 2 aromatic carbocycles. The molecule has 7 nitrogen and oxygen atoms in total. The van der Waals surface area contributed by atoms with Crippen molar-refractivity contribution in [2.75, 3.05) is 14.2 Å². The minimum atomic E-state index is -2.40. The van der Waals surface area contributed by atoms with Gasteiger partial charge in [-0.05, 0) is 46.1 Å². The van der Waals surface area contributed by atoms with Crippen LogP contribution in [0.3, 0.4) is 0 Å². The first-order chi connectivity index (χ1) is 13.6. The summed E-state index contributed by atoms with van der Waals surface area (Å²) in [5.41, 5.74) is -2.03. The summed E-state index contributed by atoms with van der Waals surface area (Å²) in [4.78, 5) is 15.2. The monoisotopic (exact) mass is 434 g/mol. The van der Waals surface area contributed by atoms with E-state index in [0.717, 1.165) is 0 Å². The lowest BCUT2D eigenvalue weighted by molar-refractivity contribution is 0.353. The molecular formula is C18H19N4O3PS2.